The smallest absolute Gasteiger partial charge is 0.360 e. The second-order valence-corrected chi connectivity index (χ2v) is 6.34. The van der Waals surface area contributed by atoms with Gasteiger partial charge < -0.3 is 15.0 Å². The Hall–Kier alpha value is -1.17. The van der Waals surface area contributed by atoms with E-state index in [1.54, 1.807) is 6.92 Å². The van der Waals surface area contributed by atoms with E-state index in [0.717, 1.165) is 18.8 Å². The molecule has 0 aromatic carbocycles. The highest BCUT2D eigenvalue weighted by Crippen LogP contribution is 2.28. The van der Waals surface area contributed by atoms with Crippen LogP contribution < -0.4 is 5.73 Å². The van der Waals surface area contributed by atoms with Gasteiger partial charge in [-0.05, 0) is 25.5 Å². The summed E-state index contributed by atoms with van der Waals surface area (Å²) in [5.41, 5.74) is 6.39. The van der Waals surface area contributed by atoms with Gasteiger partial charge in [0.15, 0.2) is 5.69 Å². The Balaban J connectivity index is 2.20. The number of nitrogen functional groups attached to an aromatic ring is 1. The molecule has 1 unspecified atom stereocenters. The minimum Gasteiger partial charge on any atom is -0.461 e. The summed E-state index contributed by atoms with van der Waals surface area (Å²) in [6.45, 7) is 4.99. The predicted octanol–water partition coefficient (Wildman–Crippen LogP) is 2.49. The Morgan fingerprint density at radius 1 is 1.50 bits per heavy atom. The topological polar surface area (TPSA) is 70.1 Å². The first-order valence-electron chi connectivity index (χ1n) is 7.30. The molecule has 1 fully saturated rings. The lowest BCUT2D eigenvalue weighted by atomic mass is 10.2. The molecule has 6 heteroatoms. The van der Waals surface area contributed by atoms with Gasteiger partial charge in [0.25, 0.3) is 0 Å². The average molecular weight is 297 g/mol. The number of aromatic nitrogens is 2. The van der Waals surface area contributed by atoms with Gasteiger partial charge in [0.05, 0.1) is 6.61 Å². The fourth-order valence-electron chi connectivity index (χ4n) is 2.49. The third-order valence-electron chi connectivity index (χ3n) is 3.53. The summed E-state index contributed by atoms with van der Waals surface area (Å²) < 4.78 is 7.01. The number of esters is 1. The van der Waals surface area contributed by atoms with Crippen molar-refractivity contribution in [2.24, 2.45) is 0 Å². The van der Waals surface area contributed by atoms with Crippen molar-refractivity contribution in [2.75, 3.05) is 18.1 Å². The Morgan fingerprint density at radius 3 is 2.90 bits per heavy atom. The second kappa shape index (κ2) is 7.02. The van der Waals surface area contributed by atoms with Crippen molar-refractivity contribution >= 4 is 23.5 Å². The van der Waals surface area contributed by atoms with Crippen molar-refractivity contribution in [3.63, 3.8) is 0 Å². The standard InChI is InChI=1S/C14H23N3O2S/c1-3-11-16-12(14(18)19-4-2)13(15)17(11)9-10-7-5-6-8-20-10/h10H,3-9,15H2,1-2H3. The summed E-state index contributed by atoms with van der Waals surface area (Å²) in [4.78, 5) is 16.2. The zero-order valence-corrected chi connectivity index (χ0v) is 13.0. The number of hydrogen-bond donors (Lipinski definition) is 1. The quantitative estimate of drug-likeness (QED) is 0.846. The largest absolute Gasteiger partial charge is 0.461 e. The number of carbonyl (C=O) groups is 1. The molecular formula is C14H23N3O2S. The number of carbonyl (C=O) groups excluding carboxylic acids is 1. The lowest BCUT2D eigenvalue weighted by Gasteiger charge is -2.22. The number of imidazole rings is 1. The lowest BCUT2D eigenvalue weighted by molar-refractivity contribution is 0.0521. The van der Waals surface area contributed by atoms with Crippen LogP contribution in [0, 0.1) is 0 Å². The molecule has 0 spiro atoms. The molecule has 20 heavy (non-hydrogen) atoms. The third-order valence-corrected chi connectivity index (χ3v) is 4.91. The van der Waals surface area contributed by atoms with E-state index in [4.69, 9.17) is 10.5 Å². The number of ether oxygens (including phenoxy) is 1. The van der Waals surface area contributed by atoms with Gasteiger partial charge in [0, 0.05) is 18.2 Å². The highest BCUT2D eigenvalue weighted by molar-refractivity contribution is 7.99. The Labute approximate surface area is 124 Å². The van der Waals surface area contributed by atoms with E-state index in [2.05, 4.69) is 4.98 Å². The van der Waals surface area contributed by atoms with Crippen LogP contribution >= 0.6 is 11.8 Å². The van der Waals surface area contributed by atoms with Crippen molar-refractivity contribution in [2.45, 2.75) is 51.3 Å². The van der Waals surface area contributed by atoms with Crippen molar-refractivity contribution < 1.29 is 9.53 Å². The Kier molecular flexibility index (Phi) is 5.34. The van der Waals surface area contributed by atoms with Crippen LogP contribution in [0.5, 0.6) is 0 Å². The highest BCUT2D eigenvalue weighted by atomic mass is 32.2. The van der Waals surface area contributed by atoms with Crippen LogP contribution in [-0.4, -0.2) is 33.1 Å². The maximum absolute atomic E-state index is 11.9. The monoisotopic (exact) mass is 297 g/mol. The Bertz CT molecular complexity index is 467. The molecule has 2 rings (SSSR count). The zero-order chi connectivity index (χ0) is 14.5. The predicted molar refractivity (Wildman–Crippen MR) is 82.1 cm³/mol. The van der Waals surface area contributed by atoms with E-state index >= 15 is 0 Å². The molecule has 1 aliphatic heterocycles. The molecule has 1 aromatic rings. The van der Waals surface area contributed by atoms with Crippen LogP contribution in [0.1, 0.15) is 49.4 Å². The van der Waals surface area contributed by atoms with Gasteiger partial charge in [-0.25, -0.2) is 9.78 Å². The molecule has 0 aliphatic carbocycles. The van der Waals surface area contributed by atoms with Crippen LogP contribution in [-0.2, 0) is 17.7 Å². The van der Waals surface area contributed by atoms with Gasteiger partial charge in [-0.1, -0.05) is 13.3 Å². The first-order chi connectivity index (χ1) is 9.67. The van der Waals surface area contributed by atoms with E-state index in [0.29, 0.717) is 17.7 Å². The number of nitrogens with zero attached hydrogens (tertiary/aromatic N) is 2. The molecule has 0 bridgehead atoms. The molecular weight excluding hydrogens is 274 g/mol. The molecule has 2 heterocycles. The molecule has 1 aliphatic rings. The fraction of sp³-hybridized carbons (Fsp3) is 0.714. The number of thioether (sulfide) groups is 1. The zero-order valence-electron chi connectivity index (χ0n) is 12.2. The average Bonchev–Trinajstić information content (AvgIpc) is 2.77. The third kappa shape index (κ3) is 3.29. The summed E-state index contributed by atoms with van der Waals surface area (Å²) in [6.07, 6.45) is 4.55. The van der Waals surface area contributed by atoms with E-state index in [-0.39, 0.29) is 5.69 Å². The second-order valence-electron chi connectivity index (χ2n) is 4.94. The van der Waals surface area contributed by atoms with Crippen molar-refractivity contribution in [1.82, 2.24) is 9.55 Å². The number of aryl methyl sites for hydroxylation is 1. The molecule has 0 radical (unpaired) electrons. The van der Waals surface area contributed by atoms with Gasteiger partial charge >= 0.3 is 5.97 Å². The van der Waals surface area contributed by atoms with Gasteiger partial charge in [-0.2, -0.15) is 11.8 Å². The van der Waals surface area contributed by atoms with Gasteiger partial charge in [0.2, 0.25) is 0 Å². The molecule has 1 atom stereocenters. The minimum atomic E-state index is -0.422. The molecule has 0 amide bonds. The van der Waals surface area contributed by atoms with E-state index in [1.165, 1.54) is 25.0 Å². The minimum absolute atomic E-state index is 0.268. The molecule has 5 nitrogen and oxygen atoms in total. The van der Waals surface area contributed by atoms with Crippen LogP contribution in [0.3, 0.4) is 0 Å². The number of nitrogens with two attached hydrogens (primary N) is 1. The summed E-state index contributed by atoms with van der Waals surface area (Å²) in [7, 11) is 0. The number of rotatable bonds is 5. The first kappa shape index (κ1) is 15.2. The SMILES string of the molecule is CCOC(=O)c1nc(CC)n(CC2CCCCS2)c1N. The fourth-order valence-corrected chi connectivity index (χ4v) is 3.78. The van der Waals surface area contributed by atoms with E-state index < -0.39 is 5.97 Å². The van der Waals surface area contributed by atoms with Crippen molar-refractivity contribution in [3.8, 4) is 0 Å². The van der Waals surface area contributed by atoms with Crippen LogP contribution in [0.25, 0.3) is 0 Å². The van der Waals surface area contributed by atoms with Crippen molar-refractivity contribution in [1.29, 1.82) is 0 Å². The molecule has 2 N–H and O–H groups in total. The number of anilines is 1. The van der Waals surface area contributed by atoms with E-state index in [1.807, 2.05) is 23.3 Å². The normalized spacial score (nSPS) is 19.0. The highest BCUT2D eigenvalue weighted by Gasteiger charge is 2.23. The summed E-state index contributed by atoms with van der Waals surface area (Å²) in [6, 6.07) is 0. The maximum Gasteiger partial charge on any atom is 0.360 e. The van der Waals surface area contributed by atoms with Crippen LogP contribution in [0.15, 0.2) is 0 Å². The van der Waals surface area contributed by atoms with E-state index in [9.17, 15) is 4.79 Å². The van der Waals surface area contributed by atoms with Crippen LogP contribution in [0.2, 0.25) is 0 Å². The maximum atomic E-state index is 11.9. The molecule has 112 valence electrons. The first-order valence-corrected chi connectivity index (χ1v) is 8.35. The lowest BCUT2D eigenvalue weighted by Crippen LogP contribution is -2.20. The van der Waals surface area contributed by atoms with Crippen molar-refractivity contribution in [3.05, 3.63) is 11.5 Å². The summed E-state index contributed by atoms with van der Waals surface area (Å²) >= 11 is 1.99. The summed E-state index contributed by atoms with van der Waals surface area (Å²) in [5.74, 6) is 2.11. The molecule has 1 saturated heterocycles. The molecule has 1 aromatic heterocycles. The van der Waals surface area contributed by atoms with Crippen LogP contribution in [0.4, 0.5) is 5.82 Å². The van der Waals surface area contributed by atoms with Gasteiger partial charge in [0.1, 0.15) is 11.6 Å². The van der Waals surface area contributed by atoms with Gasteiger partial charge in [-0.3, -0.25) is 0 Å². The molecule has 0 saturated carbocycles. The Morgan fingerprint density at radius 2 is 2.30 bits per heavy atom. The summed E-state index contributed by atoms with van der Waals surface area (Å²) in [5, 5.41) is 0.570. The van der Waals surface area contributed by atoms with Gasteiger partial charge in [-0.15, -0.1) is 0 Å². The number of hydrogen-bond acceptors (Lipinski definition) is 5.